The molecule has 3 aliphatic rings. The predicted octanol–water partition coefficient (Wildman–Crippen LogP) is 2.75. The molecule has 0 amide bonds. The van der Waals surface area contributed by atoms with Gasteiger partial charge in [0.2, 0.25) is 10.0 Å². The van der Waals surface area contributed by atoms with Crippen molar-refractivity contribution in [2.45, 2.75) is 38.9 Å². The van der Waals surface area contributed by atoms with Crippen molar-refractivity contribution < 1.29 is 8.42 Å². The molecule has 182 valence electrons. The molecule has 0 saturated carbocycles. The summed E-state index contributed by atoms with van der Waals surface area (Å²) in [6.45, 7) is 9.05. The first-order chi connectivity index (χ1) is 16.5. The van der Waals surface area contributed by atoms with E-state index >= 15 is 0 Å². The quantitative estimate of drug-likeness (QED) is 0.684. The van der Waals surface area contributed by atoms with Crippen molar-refractivity contribution in [3.8, 4) is 11.1 Å². The first-order valence-corrected chi connectivity index (χ1v) is 14.0. The number of fused-ring (bicyclic) bond motifs is 1. The van der Waals surface area contributed by atoms with Crippen LogP contribution >= 0.6 is 0 Å². The van der Waals surface area contributed by atoms with Crippen LogP contribution in [0.3, 0.4) is 0 Å². The van der Waals surface area contributed by atoms with Gasteiger partial charge in [-0.15, -0.1) is 0 Å². The fourth-order valence-electron chi connectivity index (χ4n) is 5.24. The molecule has 2 fully saturated rings. The van der Waals surface area contributed by atoms with Crippen molar-refractivity contribution in [3.05, 3.63) is 59.5 Å². The zero-order chi connectivity index (χ0) is 23.5. The van der Waals surface area contributed by atoms with E-state index in [-0.39, 0.29) is 5.75 Å². The fraction of sp³-hybridized carbons (Fsp3) is 0.500. The van der Waals surface area contributed by atoms with E-state index in [4.69, 9.17) is 0 Å². The maximum atomic E-state index is 12.2. The molecule has 0 aliphatic carbocycles. The molecule has 0 radical (unpaired) electrons. The molecule has 0 unspecified atom stereocenters. The van der Waals surface area contributed by atoms with E-state index in [2.05, 4.69) is 56.6 Å². The highest BCUT2D eigenvalue weighted by molar-refractivity contribution is 7.89. The third kappa shape index (κ3) is 5.20. The molecule has 2 aromatic rings. The fourth-order valence-corrected chi connectivity index (χ4v) is 6.38. The smallest absolute Gasteiger partial charge is 0.213 e. The maximum absolute atomic E-state index is 12.2. The van der Waals surface area contributed by atoms with Crippen molar-refractivity contribution in [1.29, 1.82) is 0 Å². The van der Waals surface area contributed by atoms with Gasteiger partial charge in [0.1, 0.15) is 0 Å². The van der Waals surface area contributed by atoms with Crippen LogP contribution in [0, 0.1) is 0 Å². The second-order valence-electron chi connectivity index (χ2n) is 9.54. The maximum Gasteiger partial charge on any atom is 0.213 e. The van der Waals surface area contributed by atoms with Gasteiger partial charge in [-0.2, -0.15) is 0 Å². The summed E-state index contributed by atoms with van der Waals surface area (Å²) in [6, 6.07) is 9.37. The lowest BCUT2D eigenvalue weighted by atomic mass is 9.95. The molecule has 2 saturated heterocycles. The lowest BCUT2D eigenvalue weighted by molar-refractivity contribution is 0.183. The van der Waals surface area contributed by atoms with Crippen LogP contribution in [0.5, 0.6) is 0 Å². The van der Waals surface area contributed by atoms with E-state index in [1.165, 1.54) is 22.3 Å². The number of hydrogen-bond acceptors (Lipinski definition) is 6. The Bertz CT molecular complexity index is 1140. The summed E-state index contributed by atoms with van der Waals surface area (Å²) in [5.74, 6) is 0.186. The Balaban J connectivity index is 1.25. The molecule has 1 aromatic heterocycles. The molecule has 34 heavy (non-hydrogen) atoms. The summed E-state index contributed by atoms with van der Waals surface area (Å²) in [5, 5.41) is 3.41. The van der Waals surface area contributed by atoms with E-state index in [0.29, 0.717) is 19.1 Å². The van der Waals surface area contributed by atoms with Gasteiger partial charge in [-0.25, -0.2) is 12.7 Å². The average Bonchev–Trinajstić information content (AvgIpc) is 2.89. The normalized spacial score (nSPS) is 20.4. The van der Waals surface area contributed by atoms with E-state index < -0.39 is 10.0 Å². The van der Waals surface area contributed by atoms with Crippen molar-refractivity contribution in [3.63, 3.8) is 0 Å². The van der Waals surface area contributed by atoms with Crippen molar-refractivity contribution in [2.75, 3.05) is 45.0 Å². The molecule has 3 aliphatic heterocycles. The van der Waals surface area contributed by atoms with Crippen LogP contribution in [0.15, 0.2) is 42.9 Å². The number of pyridine rings is 1. The van der Waals surface area contributed by atoms with Crippen molar-refractivity contribution in [1.82, 2.24) is 24.4 Å². The average molecular weight is 482 g/mol. The number of sulfonamides is 1. The number of piperidine rings is 1. The summed E-state index contributed by atoms with van der Waals surface area (Å²) in [4.78, 5) is 9.38. The highest BCUT2D eigenvalue weighted by Gasteiger charge is 2.29. The Kier molecular flexibility index (Phi) is 7.01. The minimum atomic E-state index is -3.08. The number of nitrogens with one attached hydrogen (secondary N) is 1. The zero-order valence-corrected chi connectivity index (χ0v) is 20.8. The van der Waals surface area contributed by atoms with Gasteiger partial charge in [-0.05, 0) is 60.2 Å². The van der Waals surface area contributed by atoms with Crippen LogP contribution < -0.4 is 5.32 Å². The van der Waals surface area contributed by atoms with Crippen molar-refractivity contribution in [2.24, 2.45) is 0 Å². The van der Waals surface area contributed by atoms with Crippen LogP contribution in [0.1, 0.15) is 36.5 Å². The first-order valence-electron chi connectivity index (χ1n) is 12.4. The molecule has 4 heterocycles. The number of rotatable bonds is 6. The zero-order valence-electron chi connectivity index (χ0n) is 20.0. The highest BCUT2D eigenvalue weighted by Crippen LogP contribution is 2.30. The highest BCUT2D eigenvalue weighted by atomic mass is 32.2. The van der Waals surface area contributed by atoms with Crippen molar-refractivity contribution >= 4 is 16.1 Å². The van der Waals surface area contributed by atoms with Gasteiger partial charge in [0.15, 0.2) is 0 Å². The molecule has 7 nitrogen and oxygen atoms in total. The van der Waals surface area contributed by atoms with Crippen LogP contribution in [-0.4, -0.2) is 78.6 Å². The summed E-state index contributed by atoms with van der Waals surface area (Å²) in [6.07, 6.45) is 10.1. The standard InChI is InChI=1S/C26H35N5O2S/c1-2-34(32,33)31-11-6-26(7-12-31)30-10-5-23-16-22(3-4-24(23)20-30)25-15-21(17-28-18-25)19-29-13-8-27-9-14-29/h3-5,10,15-18,26-27H,2,6-9,11-14,19-20H2,1H3. The second-order valence-corrected chi connectivity index (χ2v) is 11.8. The largest absolute Gasteiger partial charge is 0.370 e. The number of nitrogens with zero attached hydrogens (tertiary/aromatic N) is 4. The minimum absolute atomic E-state index is 0.186. The van der Waals surface area contributed by atoms with Gasteiger partial charge in [0.25, 0.3) is 0 Å². The third-order valence-corrected chi connectivity index (χ3v) is 9.22. The second kappa shape index (κ2) is 10.2. The van der Waals surface area contributed by atoms with Gasteiger partial charge in [0, 0.05) is 82.6 Å². The van der Waals surface area contributed by atoms with E-state index in [1.54, 1.807) is 11.2 Å². The van der Waals surface area contributed by atoms with Gasteiger partial charge in [-0.1, -0.05) is 12.1 Å². The predicted molar refractivity (Wildman–Crippen MR) is 136 cm³/mol. The van der Waals surface area contributed by atoms with Crippen LogP contribution in [0.4, 0.5) is 0 Å². The third-order valence-electron chi connectivity index (χ3n) is 7.34. The van der Waals surface area contributed by atoms with Gasteiger partial charge >= 0.3 is 0 Å². The first kappa shape index (κ1) is 23.5. The molecular weight excluding hydrogens is 446 g/mol. The number of piperazine rings is 1. The van der Waals surface area contributed by atoms with Gasteiger partial charge in [-0.3, -0.25) is 9.88 Å². The molecule has 1 aromatic carbocycles. The van der Waals surface area contributed by atoms with E-state index in [9.17, 15) is 8.42 Å². The summed E-state index contributed by atoms with van der Waals surface area (Å²) in [7, 11) is -3.08. The summed E-state index contributed by atoms with van der Waals surface area (Å²) < 4.78 is 26.0. The molecule has 0 spiro atoms. The van der Waals surface area contributed by atoms with E-state index in [1.807, 2.05) is 12.4 Å². The van der Waals surface area contributed by atoms with Gasteiger partial charge in [0.05, 0.1) is 5.75 Å². The van der Waals surface area contributed by atoms with E-state index in [0.717, 1.165) is 57.7 Å². The Morgan fingerprint density at radius 3 is 2.59 bits per heavy atom. The van der Waals surface area contributed by atoms with Crippen LogP contribution in [0.25, 0.3) is 17.2 Å². The molecule has 0 atom stereocenters. The van der Waals surface area contributed by atoms with Gasteiger partial charge < -0.3 is 10.2 Å². The summed E-state index contributed by atoms with van der Waals surface area (Å²) in [5.41, 5.74) is 6.20. The molecule has 8 heteroatoms. The Morgan fingerprint density at radius 2 is 1.82 bits per heavy atom. The lowest BCUT2D eigenvalue weighted by Crippen LogP contribution is -2.45. The Labute approximate surface area is 203 Å². The van der Waals surface area contributed by atoms with Crippen LogP contribution in [-0.2, 0) is 23.1 Å². The molecular formula is C26H35N5O2S. The monoisotopic (exact) mass is 481 g/mol. The Morgan fingerprint density at radius 1 is 1.03 bits per heavy atom. The molecule has 5 rings (SSSR count). The SMILES string of the molecule is CCS(=O)(=O)N1CCC(N2C=Cc3cc(-c4cncc(CN5CCNCC5)c4)ccc3C2)CC1. The number of benzene rings is 1. The Hall–Kier alpha value is -2.26. The summed E-state index contributed by atoms with van der Waals surface area (Å²) >= 11 is 0. The number of aromatic nitrogens is 1. The topological polar surface area (TPSA) is 68.8 Å². The van der Waals surface area contributed by atoms with Crippen LogP contribution in [0.2, 0.25) is 0 Å². The molecule has 0 bridgehead atoms. The number of hydrogen-bond donors (Lipinski definition) is 1. The lowest BCUT2D eigenvalue weighted by Gasteiger charge is -2.39. The molecule has 1 N–H and O–H groups in total. The minimum Gasteiger partial charge on any atom is -0.370 e.